The minimum atomic E-state index is -0.940. The van der Waals surface area contributed by atoms with E-state index >= 15 is 0 Å². The molecule has 1 unspecified atom stereocenters. The first-order chi connectivity index (χ1) is 33.4. The molecule has 0 heterocycles. The third-order valence-corrected chi connectivity index (χ3v) is 13.9. The molecule has 9 rings (SSSR count). The molecule has 0 spiro atoms. The molecule has 10 heteroatoms. The summed E-state index contributed by atoms with van der Waals surface area (Å²) >= 11 is 0. The fourth-order valence-corrected chi connectivity index (χ4v) is 9.56. The van der Waals surface area contributed by atoms with Crippen molar-refractivity contribution in [2.45, 2.75) is 86.0 Å². The van der Waals surface area contributed by atoms with Crippen molar-refractivity contribution in [3.63, 3.8) is 0 Å². The lowest BCUT2D eigenvalue weighted by molar-refractivity contribution is 0.195. The third kappa shape index (κ3) is 11.0. The molecular formula is C60H58F10. The minimum Gasteiger partial charge on any atom is -0.203 e. The second kappa shape index (κ2) is 22.1. The van der Waals surface area contributed by atoms with Crippen LogP contribution in [0.2, 0.25) is 0 Å². The van der Waals surface area contributed by atoms with Gasteiger partial charge in [-0.15, -0.1) is 6.58 Å². The third-order valence-electron chi connectivity index (χ3n) is 13.9. The summed E-state index contributed by atoms with van der Waals surface area (Å²) in [6.07, 6.45) is 9.71. The van der Waals surface area contributed by atoms with Gasteiger partial charge in [-0.05, 0) is 145 Å². The number of hydrogen-bond donors (Lipinski definition) is 0. The van der Waals surface area contributed by atoms with Crippen LogP contribution >= 0.6 is 0 Å². The predicted octanol–water partition coefficient (Wildman–Crippen LogP) is 18.5. The van der Waals surface area contributed by atoms with E-state index in [0.717, 1.165) is 36.7 Å². The number of benzene rings is 7. The van der Waals surface area contributed by atoms with Crippen molar-refractivity contribution in [3.05, 3.63) is 213 Å². The summed E-state index contributed by atoms with van der Waals surface area (Å²) in [5, 5.41) is 0. The molecule has 0 saturated heterocycles. The van der Waals surface area contributed by atoms with Crippen molar-refractivity contribution in [2.24, 2.45) is 17.8 Å². The van der Waals surface area contributed by atoms with Gasteiger partial charge >= 0.3 is 0 Å². The van der Waals surface area contributed by atoms with Gasteiger partial charge in [0.25, 0.3) is 0 Å². The van der Waals surface area contributed by atoms with E-state index in [4.69, 9.17) is 0 Å². The Bertz CT molecular complexity index is 2950. The van der Waals surface area contributed by atoms with Gasteiger partial charge in [0.15, 0.2) is 58.2 Å². The highest BCUT2D eigenvalue weighted by Gasteiger charge is 2.31. The van der Waals surface area contributed by atoms with E-state index in [2.05, 4.69) is 13.5 Å². The second-order valence-electron chi connectivity index (χ2n) is 18.7. The highest BCUT2D eigenvalue weighted by molar-refractivity contribution is 5.73. The van der Waals surface area contributed by atoms with Crippen molar-refractivity contribution >= 4 is 0 Å². The zero-order valence-corrected chi connectivity index (χ0v) is 39.8. The number of allylic oxidation sites excluding steroid dienone is 1. The molecule has 0 bridgehead atoms. The maximum absolute atomic E-state index is 14.3. The Morgan fingerprint density at radius 1 is 0.429 bits per heavy atom. The van der Waals surface area contributed by atoms with Crippen LogP contribution in [0.15, 0.2) is 116 Å². The van der Waals surface area contributed by atoms with Gasteiger partial charge in [0.2, 0.25) is 0 Å². The Morgan fingerprint density at radius 3 is 1.20 bits per heavy atom. The molecule has 0 nitrogen and oxygen atoms in total. The fraction of sp³-hybridized carbons (Fsp3) is 0.267. The van der Waals surface area contributed by atoms with E-state index < -0.39 is 58.2 Å². The summed E-state index contributed by atoms with van der Waals surface area (Å²) in [5.41, 5.74) is 5.37. The summed E-state index contributed by atoms with van der Waals surface area (Å²) in [5.74, 6) is -6.36. The van der Waals surface area contributed by atoms with Gasteiger partial charge in [-0.25, -0.2) is 43.9 Å². The van der Waals surface area contributed by atoms with Crippen LogP contribution < -0.4 is 0 Å². The molecule has 368 valence electrons. The second-order valence-corrected chi connectivity index (χ2v) is 18.7. The molecule has 0 radical (unpaired) electrons. The van der Waals surface area contributed by atoms with Crippen LogP contribution in [0.25, 0.3) is 44.5 Å². The van der Waals surface area contributed by atoms with Crippen molar-refractivity contribution in [2.75, 3.05) is 0 Å². The van der Waals surface area contributed by atoms with Crippen LogP contribution in [0.4, 0.5) is 43.9 Å². The van der Waals surface area contributed by atoms with Gasteiger partial charge in [0.05, 0.1) is 0 Å². The van der Waals surface area contributed by atoms with Crippen molar-refractivity contribution < 1.29 is 46.8 Å². The van der Waals surface area contributed by atoms with Gasteiger partial charge in [-0.1, -0.05) is 129 Å². The molecule has 0 N–H and O–H groups in total. The smallest absolute Gasteiger partial charge is 0.166 e. The summed E-state index contributed by atoms with van der Waals surface area (Å²) in [7, 11) is 0. The van der Waals surface area contributed by atoms with Crippen LogP contribution in [-0.4, -0.2) is 0 Å². The summed E-state index contributed by atoms with van der Waals surface area (Å²) in [6.45, 7) is 12.0. The monoisotopic (exact) mass is 968 g/mol. The maximum atomic E-state index is 14.3. The summed E-state index contributed by atoms with van der Waals surface area (Å²) in [4.78, 5) is 0. The molecule has 70 heavy (non-hydrogen) atoms. The van der Waals surface area contributed by atoms with Crippen LogP contribution in [0, 0.1) is 104 Å². The Balaban J connectivity index is 0.000000199. The van der Waals surface area contributed by atoms with E-state index in [0.29, 0.717) is 39.3 Å². The van der Waals surface area contributed by atoms with E-state index in [1.807, 2.05) is 6.07 Å². The van der Waals surface area contributed by atoms with Crippen LogP contribution in [-0.2, 0) is 19.3 Å². The molecule has 7 aromatic rings. The summed E-state index contributed by atoms with van der Waals surface area (Å²) < 4.78 is 140. The topological polar surface area (TPSA) is 0 Å². The van der Waals surface area contributed by atoms with E-state index in [-0.39, 0.29) is 53.8 Å². The van der Waals surface area contributed by atoms with E-state index in [1.165, 1.54) is 101 Å². The first-order valence-corrected chi connectivity index (χ1v) is 23.5. The Hall–Kier alpha value is -6.42. The predicted molar refractivity (Wildman–Crippen MR) is 264 cm³/mol. The molecule has 7 aromatic carbocycles. The first kappa shape index (κ1) is 51.4. The number of aryl methyl sites for hydroxylation is 5. The van der Waals surface area contributed by atoms with Crippen LogP contribution in [0.1, 0.15) is 80.8 Å². The molecule has 0 aromatic heterocycles. The first-order valence-electron chi connectivity index (χ1n) is 23.5. The molecule has 1 fully saturated rings. The van der Waals surface area contributed by atoms with Crippen LogP contribution in [0.3, 0.4) is 0 Å². The molecular weight excluding hydrogens is 911 g/mol. The molecule has 2 aliphatic carbocycles. The zero-order valence-electron chi connectivity index (χ0n) is 39.8. The SMILES string of the molecule is C=CCc1ccc(-c2ccc(-c3ccc(C)c(F)c3F)cc2)c(F)c1F.Cc1cc2c(c(F)c1F)CC(C1CCC(C)CC1)CC2.Cc1ccc(-c2ccc(-c3ccc(C)c(F)c3F)cc2)c(F)c1F.[HH].[HH]. The molecule has 0 aliphatic heterocycles. The standard InChI is InChI=1S/C22H16F4.C20H14F4.C18H24F2.2H2/c1-3-4-16-10-12-18(22(26)20(16)24)15-8-6-14(7-9-15)17-11-5-13(2)19(23)21(17)25;1-11-3-9-15(19(23)17(11)21)13-5-7-14(8-6-13)16-10-4-12(2)18(22)20(16)24;1-11-3-5-13(6-4-11)14-7-8-15-9-12(2)17(19)18(20)16(15)10-14;;/h3,5-12H,1,4H2,2H3;3-10H,1-2H3;9,11,13-14H,3-8,10H2,1-2H3;2*1H. The number of halogens is 10. The lowest BCUT2D eigenvalue weighted by Gasteiger charge is -2.36. The summed E-state index contributed by atoms with van der Waals surface area (Å²) in [6, 6.07) is 26.3. The van der Waals surface area contributed by atoms with Gasteiger partial charge < -0.3 is 0 Å². The maximum Gasteiger partial charge on any atom is 0.166 e. The average molecular weight is 969 g/mol. The Labute approximate surface area is 406 Å². The van der Waals surface area contributed by atoms with Gasteiger partial charge in [0.1, 0.15) is 0 Å². The quantitative estimate of drug-likeness (QED) is 0.110. The fourth-order valence-electron chi connectivity index (χ4n) is 9.56. The van der Waals surface area contributed by atoms with E-state index in [1.54, 1.807) is 55.5 Å². The lowest BCUT2D eigenvalue weighted by atomic mass is 9.70. The van der Waals surface area contributed by atoms with Gasteiger partial charge in [-0.2, -0.15) is 0 Å². The normalized spacial score (nSPS) is 16.4. The molecule has 2 aliphatic rings. The number of hydrogen-bond acceptors (Lipinski definition) is 0. The van der Waals surface area contributed by atoms with Crippen molar-refractivity contribution in [1.82, 2.24) is 0 Å². The van der Waals surface area contributed by atoms with Gasteiger partial charge in [-0.3, -0.25) is 0 Å². The molecule has 1 saturated carbocycles. The molecule has 1 atom stereocenters. The van der Waals surface area contributed by atoms with Crippen molar-refractivity contribution in [1.29, 1.82) is 0 Å². The number of fused-ring (bicyclic) bond motifs is 1. The Kier molecular flexibility index (Phi) is 16.3. The highest BCUT2D eigenvalue weighted by Crippen LogP contribution is 2.41. The Morgan fingerprint density at radius 2 is 0.800 bits per heavy atom. The number of rotatable bonds is 7. The molecule has 0 amide bonds. The largest absolute Gasteiger partial charge is 0.203 e. The van der Waals surface area contributed by atoms with Crippen molar-refractivity contribution in [3.8, 4) is 44.5 Å². The average Bonchev–Trinajstić information content (AvgIpc) is 3.36. The minimum absolute atomic E-state index is 0. The zero-order chi connectivity index (χ0) is 50.6. The highest BCUT2D eigenvalue weighted by atomic mass is 19.2. The van der Waals surface area contributed by atoms with Gasteiger partial charge in [0, 0.05) is 25.1 Å². The lowest BCUT2D eigenvalue weighted by Crippen LogP contribution is -2.27. The van der Waals surface area contributed by atoms with Crippen LogP contribution in [0.5, 0.6) is 0 Å². The van der Waals surface area contributed by atoms with E-state index in [9.17, 15) is 43.9 Å².